The van der Waals surface area contributed by atoms with Gasteiger partial charge in [0.25, 0.3) is 0 Å². The Morgan fingerprint density at radius 1 is 1.20 bits per heavy atom. The molecule has 0 rings (SSSR count). The number of carbonyl (C=O) groups is 2. The molecule has 0 aliphatic rings. The molecule has 0 saturated carbocycles. The number of amides is 1. The van der Waals surface area contributed by atoms with Crippen molar-refractivity contribution in [2.24, 2.45) is 0 Å². The maximum absolute atomic E-state index is 11.0. The van der Waals surface area contributed by atoms with Crippen molar-refractivity contribution in [3.63, 3.8) is 0 Å². The van der Waals surface area contributed by atoms with E-state index in [9.17, 15) is 9.59 Å². The van der Waals surface area contributed by atoms with E-state index in [0.29, 0.717) is 19.8 Å². The average molecular weight is 217 g/mol. The smallest absolute Gasteiger partial charge is 0.396 e. The Morgan fingerprint density at radius 2 is 1.93 bits per heavy atom. The predicted octanol–water partition coefficient (Wildman–Crippen LogP) is 0.482. The van der Waals surface area contributed by atoms with E-state index in [1.54, 1.807) is 6.92 Å². The molecule has 0 bridgehead atoms. The Hall–Kier alpha value is -1.10. The molecule has 0 spiro atoms. The van der Waals surface area contributed by atoms with E-state index in [1.807, 2.05) is 0 Å². The van der Waals surface area contributed by atoms with Crippen LogP contribution in [-0.4, -0.2) is 38.2 Å². The van der Waals surface area contributed by atoms with E-state index in [-0.39, 0.29) is 6.61 Å². The largest absolute Gasteiger partial charge is 0.459 e. The summed E-state index contributed by atoms with van der Waals surface area (Å²) in [5.41, 5.74) is 0. The maximum atomic E-state index is 11.0. The molecule has 0 aromatic rings. The third-order valence-electron chi connectivity index (χ3n) is 1.64. The molecular formula is C10H19NO4. The second kappa shape index (κ2) is 9.45. The van der Waals surface area contributed by atoms with E-state index in [4.69, 9.17) is 4.74 Å². The number of unbranched alkanes of at least 4 members (excludes halogenated alkanes) is 1. The van der Waals surface area contributed by atoms with Crippen molar-refractivity contribution in [2.45, 2.75) is 26.7 Å². The molecule has 5 nitrogen and oxygen atoms in total. The van der Waals surface area contributed by atoms with Crippen LogP contribution in [0.3, 0.4) is 0 Å². The van der Waals surface area contributed by atoms with Gasteiger partial charge in [0.1, 0.15) is 0 Å². The lowest BCUT2D eigenvalue weighted by molar-refractivity contribution is -0.154. The molecule has 1 N–H and O–H groups in total. The van der Waals surface area contributed by atoms with E-state index in [0.717, 1.165) is 12.8 Å². The van der Waals surface area contributed by atoms with Gasteiger partial charge in [-0.3, -0.25) is 4.79 Å². The first-order valence-corrected chi connectivity index (χ1v) is 5.25. The maximum Gasteiger partial charge on any atom is 0.396 e. The Labute approximate surface area is 90.1 Å². The van der Waals surface area contributed by atoms with Crippen LogP contribution in [0, 0.1) is 0 Å². The van der Waals surface area contributed by atoms with Gasteiger partial charge in [-0.2, -0.15) is 0 Å². The second-order valence-electron chi connectivity index (χ2n) is 2.94. The standard InChI is InChI=1S/C10H19NO4/c1-3-5-7-14-8-6-11-9(12)10(13)15-4-2/h3-8H2,1-2H3,(H,11,12). The fourth-order valence-electron chi connectivity index (χ4n) is 0.854. The highest BCUT2D eigenvalue weighted by Gasteiger charge is 2.12. The van der Waals surface area contributed by atoms with Gasteiger partial charge in [-0.1, -0.05) is 13.3 Å². The summed E-state index contributed by atoms with van der Waals surface area (Å²) in [5.74, 6) is -1.55. The number of rotatable bonds is 7. The van der Waals surface area contributed by atoms with Gasteiger partial charge in [-0.05, 0) is 13.3 Å². The minimum Gasteiger partial charge on any atom is -0.459 e. The molecule has 0 unspecified atom stereocenters. The van der Waals surface area contributed by atoms with Gasteiger partial charge < -0.3 is 14.8 Å². The van der Waals surface area contributed by atoms with E-state index in [1.165, 1.54) is 0 Å². The highest BCUT2D eigenvalue weighted by atomic mass is 16.5. The summed E-state index contributed by atoms with van der Waals surface area (Å²) >= 11 is 0. The molecule has 0 aromatic heterocycles. The molecule has 0 heterocycles. The molecule has 0 radical (unpaired) electrons. The van der Waals surface area contributed by atoms with Crippen molar-refractivity contribution in [1.82, 2.24) is 5.32 Å². The highest BCUT2D eigenvalue weighted by Crippen LogP contribution is 1.86. The van der Waals surface area contributed by atoms with Crippen molar-refractivity contribution >= 4 is 11.9 Å². The van der Waals surface area contributed by atoms with Crippen LogP contribution >= 0.6 is 0 Å². The van der Waals surface area contributed by atoms with Crippen LogP contribution < -0.4 is 5.32 Å². The summed E-state index contributed by atoms with van der Waals surface area (Å²) in [6.07, 6.45) is 2.08. The fourth-order valence-corrected chi connectivity index (χ4v) is 0.854. The van der Waals surface area contributed by atoms with Crippen molar-refractivity contribution in [2.75, 3.05) is 26.4 Å². The molecule has 0 fully saturated rings. The van der Waals surface area contributed by atoms with E-state index >= 15 is 0 Å². The molecular weight excluding hydrogens is 198 g/mol. The summed E-state index contributed by atoms with van der Waals surface area (Å²) in [4.78, 5) is 21.8. The van der Waals surface area contributed by atoms with Crippen LogP contribution in [0.25, 0.3) is 0 Å². The van der Waals surface area contributed by atoms with Gasteiger partial charge in [0.15, 0.2) is 0 Å². The monoisotopic (exact) mass is 217 g/mol. The van der Waals surface area contributed by atoms with Crippen LogP contribution in [0.2, 0.25) is 0 Å². The molecule has 15 heavy (non-hydrogen) atoms. The first kappa shape index (κ1) is 13.9. The van der Waals surface area contributed by atoms with E-state index in [2.05, 4.69) is 17.0 Å². The van der Waals surface area contributed by atoms with Crippen molar-refractivity contribution < 1.29 is 19.1 Å². The van der Waals surface area contributed by atoms with Crippen molar-refractivity contribution in [3.05, 3.63) is 0 Å². The Morgan fingerprint density at radius 3 is 2.53 bits per heavy atom. The van der Waals surface area contributed by atoms with Gasteiger partial charge in [0.05, 0.1) is 13.2 Å². The Kier molecular flexibility index (Phi) is 8.76. The van der Waals surface area contributed by atoms with Gasteiger partial charge in [0.2, 0.25) is 0 Å². The van der Waals surface area contributed by atoms with Crippen LogP contribution in [0.4, 0.5) is 0 Å². The molecule has 0 atom stereocenters. The summed E-state index contributed by atoms with van der Waals surface area (Å²) < 4.78 is 9.70. The van der Waals surface area contributed by atoms with Gasteiger partial charge in [-0.25, -0.2) is 4.79 Å². The third kappa shape index (κ3) is 7.93. The lowest BCUT2D eigenvalue weighted by Gasteiger charge is -2.05. The fraction of sp³-hybridized carbons (Fsp3) is 0.800. The lowest BCUT2D eigenvalue weighted by atomic mass is 10.4. The molecule has 5 heteroatoms. The number of hydrogen-bond donors (Lipinski definition) is 1. The SMILES string of the molecule is CCCCOCCNC(=O)C(=O)OCC. The molecule has 0 aliphatic heterocycles. The Bertz CT molecular complexity index is 194. The summed E-state index contributed by atoms with van der Waals surface area (Å²) in [6.45, 7) is 5.38. The normalized spacial score (nSPS) is 9.73. The number of ether oxygens (including phenoxy) is 2. The van der Waals surface area contributed by atoms with Crippen LogP contribution in [0.5, 0.6) is 0 Å². The van der Waals surface area contributed by atoms with Crippen molar-refractivity contribution in [3.8, 4) is 0 Å². The quantitative estimate of drug-likeness (QED) is 0.383. The summed E-state index contributed by atoms with van der Waals surface area (Å²) in [7, 11) is 0. The number of esters is 1. The molecule has 0 aliphatic carbocycles. The second-order valence-corrected chi connectivity index (χ2v) is 2.94. The summed E-state index contributed by atoms with van der Waals surface area (Å²) in [6, 6.07) is 0. The van der Waals surface area contributed by atoms with Gasteiger partial charge in [-0.15, -0.1) is 0 Å². The first-order chi connectivity index (χ1) is 7.22. The zero-order valence-electron chi connectivity index (χ0n) is 9.38. The Balaban J connectivity index is 3.35. The minimum atomic E-state index is -0.842. The van der Waals surface area contributed by atoms with Crippen LogP contribution in [0.15, 0.2) is 0 Å². The average Bonchev–Trinajstić information content (AvgIpc) is 2.23. The highest BCUT2D eigenvalue weighted by molar-refractivity contribution is 6.32. The molecule has 1 amide bonds. The lowest BCUT2D eigenvalue weighted by Crippen LogP contribution is -2.34. The number of hydrogen-bond acceptors (Lipinski definition) is 4. The first-order valence-electron chi connectivity index (χ1n) is 5.25. The summed E-state index contributed by atoms with van der Waals surface area (Å²) in [5, 5.41) is 2.41. The van der Waals surface area contributed by atoms with Crippen molar-refractivity contribution in [1.29, 1.82) is 0 Å². The number of nitrogens with one attached hydrogen (secondary N) is 1. The zero-order chi connectivity index (χ0) is 11.5. The predicted molar refractivity (Wildman–Crippen MR) is 55.4 cm³/mol. The van der Waals surface area contributed by atoms with Gasteiger partial charge >= 0.3 is 11.9 Å². The van der Waals surface area contributed by atoms with Crippen LogP contribution in [0.1, 0.15) is 26.7 Å². The zero-order valence-corrected chi connectivity index (χ0v) is 9.38. The van der Waals surface area contributed by atoms with Crippen LogP contribution in [-0.2, 0) is 19.1 Å². The molecule has 0 aromatic carbocycles. The van der Waals surface area contributed by atoms with Gasteiger partial charge in [0, 0.05) is 13.2 Å². The number of carbonyl (C=O) groups excluding carboxylic acids is 2. The third-order valence-corrected chi connectivity index (χ3v) is 1.64. The topological polar surface area (TPSA) is 64.6 Å². The molecule has 0 saturated heterocycles. The van der Waals surface area contributed by atoms with E-state index < -0.39 is 11.9 Å². The minimum absolute atomic E-state index is 0.208. The molecule has 88 valence electrons.